The summed E-state index contributed by atoms with van der Waals surface area (Å²) in [6.45, 7) is 3.83. The highest BCUT2D eigenvalue weighted by molar-refractivity contribution is 6.04. The fourth-order valence-electron chi connectivity index (χ4n) is 3.47. The second kappa shape index (κ2) is 7.98. The maximum atomic E-state index is 12.2. The van der Waals surface area contributed by atoms with Gasteiger partial charge in [-0.2, -0.15) is 0 Å². The van der Waals surface area contributed by atoms with Crippen LogP contribution in [-0.2, 0) is 0 Å². The number of phenols is 1. The van der Waals surface area contributed by atoms with E-state index in [1.807, 2.05) is 12.1 Å². The molecule has 3 aromatic rings. The molecule has 6 heteroatoms. The number of phenolic OH excluding ortho intramolecular Hbond substituents is 1. The Morgan fingerprint density at radius 2 is 1.77 bits per heavy atom. The average Bonchev–Trinajstić information content (AvgIpc) is 2.63. The third kappa shape index (κ3) is 3.79. The molecule has 2 heterocycles. The lowest BCUT2D eigenvalue weighted by atomic mass is 10.1. The molecule has 26 heavy (non-hydrogen) atoms. The van der Waals surface area contributed by atoms with E-state index >= 15 is 0 Å². The summed E-state index contributed by atoms with van der Waals surface area (Å²) in [4.78, 5) is 14.6. The van der Waals surface area contributed by atoms with E-state index in [0.717, 1.165) is 30.4 Å². The number of halogens is 1. The SMILES string of the molecule is Cl.O=c1oc2cc(OCCN3CCCCC3)ccc2c2ccc(O)cc12. The fraction of sp³-hybridized carbons (Fsp3) is 0.350. The molecule has 0 spiro atoms. The van der Waals surface area contributed by atoms with Crippen LogP contribution in [-0.4, -0.2) is 36.2 Å². The van der Waals surface area contributed by atoms with Gasteiger partial charge in [0.25, 0.3) is 0 Å². The van der Waals surface area contributed by atoms with Crippen LogP contribution in [0.15, 0.2) is 45.6 Å². The molecule has 2 aromatic carbocycles. The molecule has 4 rings (SSSR count). The maximum absolute atomic E-state index is 12.2. The third-order valence-electron chi connectivity index (χ3n) is 4.79. The molecule has 1 fully saturated rings. The maximum Gasteiger partial charge on any atom is 0.344 e. The highest BCUT2D eigenvalue weighted by atomic mass is 35.5. The number of rotatable bonds is 4. The lowest BCUT2D eigenvalue weighted by Crippen LogP contribution is -2.33. The van der Waals surface area contributed by atoms with Gasteiger partial charge < -0.3 is 14.3 Å². The number of hydrogen-bond acceptors (Lipinski definition) is 5. The largest absolute Gasteiger partial charge is 0.508 e. The van der Waals surface area contributed by atoms with Gasteiger partial charge in [-0.15, -0.1) is 12.4 Å². The van der Waals surface area contributed by atoms with Crippen LogP contribution < -0.4 is 10.4 Å². The van der Waals surface area contributed by atoms with Crippen LogP contribution in [0, 0.1) is 0 Å². The van der Waals surface area contributed by atoms with Crippen LogP contribution in [0.3, 0.4) is 0 Å². The van der Waals surface area contributed by atoms with Crippen molar-refractivity contribution in [2.75, 3.05) is 26.2 Å². The van der Waals surface area contributed by atoms with Crippen molar-refractivity contribution in [3.8, 4) is 11.5 Å². The number of benzene rings is 2. The number of nitrogens with zero attached hydrogens (tertiary/aromatic N) is 1. The van der Waals surface area contributed by atoms with Crippen LogP contribution >= 0.6 is 12.4 Å². The number of aromatic hydroxyl groups is 1. The van der Waals surface area contributed by atoms with Gasteiger partial charge in [-0.3, -0.25) is 4.90 Å². The number of likely N-dealkylation sites (tertiary alicyclic amines) is 1. The number of ether oxygens (including phenoxy) is 1. The zero-order chi connectivity index (χ0) is 17.2. The molecule has 0 saturated carbocycles. The van der Waals surface area contributed by atoms with Crippen LogP contribution in [0.4, 0.5) is 0 Å². The van der Waals surface area contributed by atoms with E-state index < -0.39 is 5.63 Å². The Morgan fingerprint density at radius 3 is 2.58 bits per heavy atom. The molecule has 0 unspecified atom stereocenters. The molecule has 1 aromatic heterocycles. The van der Waals surface area contributed by atoms with E-state index in [1.54, 1.807) is 18.2 Å². The summed E-state index contributed by atoms with van der Waals surface area (Å²) in [5, 5.41) is 11.6. The Balaban J connectivity index is 0.00000196. The minimum absolute atomic E-state index is 0. The van der Waals surface area contributed by atoms with Crippen LogP contribution in [0.25, 0.3) is 21.7 Å². The van der Waals surface area contributed by atoms with Crippen molar-refractivity contribution in [2.24, 2.45) is 0 Å². The Bertz CT molecular complexity index is 963. The monoisotopic (exact) mass is 375 g/mol. The molecule has 1 saturated heterocycles. The Labute approximate surface area is 157 Å². The first-order valence-electron chi connectivity index (χ1n) is 8.75. The van der Waals surface area contributed by atoms with Gasteiger partial charge in [-0.1, -0.05) is 6.42 Å². The van der Waals surface area contributed by atoms with Crippen molar-refractivity contribution < 1.29 is 14.3 Å². The molecule has 1 aliphatic heterocycles. The Kier molecular flexibility index (Phi) is 5.69. The molecule has 0 atom stereocenters. The van der Waals surface area contributed by atoms with Gasteiger partial charge in [-0.05, 0) is 56.3 Å². The topological polar surface area (TPSA) is 62.9 Å². The first-order valence-corrected chi connectivity index (χ1v) is 8.75. The molecule has 138 valence electrons. The number of piperidine rings is 1. The van der Waals surface area contributed by atoms with Crippen LogP contribution in [0.1, 0.15) is 19.3 Å². The normalized spacial score (nSPS) is 15.1. The smallest absolute Gasteiger partial charge is 0.344 e. The molecule has 1 aliphatic rings. The van der Waals surface area contributed by atoms with E-state index in [-0.39, 0.29) is 18.2 Å². The summed E-state index contributed by atoms with van der Waals surface area (Å²) < 4.78 is 11.3. The fourth-order valence-corrected chi connectivity index (χ4v) is 3.47. The number of hydrogen-bond donors (Lipinski definition) is 1. The quantitative estimate of drug-likeness (QED) is 0.552. The van der Waals surface area contributed by atoms with Crippen molar-refractivity contribution in [2.45, 2.75) is 19.3 Å². The van der Waals surface area contributed by atoms with Crippen molar-refractivity contribution in [3.05, 3.63) is 46.8 Å². The lowest BCUT2D eigenvalue weighted by Gasteiger charge is -2.26. The first-order chi connectivity index (χ1) is 12.2. The van der Waals surface area contributed by atoms with Gasteiger partial charge in [-0.25, -0.2) is 4.79 Å². The van der Waals surface area contributed by atoms with Crippen LogP contribution in [0.5, 0.6) is 11.5 Å². The third-order valence-corrected chi connectivity index (χ3v) is 4.79. The van der Waals surface area contributed by atoms with Crippen molar-refractivity contribution in [1.29, 1.82) is 0 Å². The van der Waals surface area contributed by atoms with Gasteiger partial charge in [0.15, 0.2) is 0 Å². The lowest BCUT2D eigenvalue weighted by molar-refractivity contribution is 0.183. The van der Waals surface area contributed by atoms with Crippen LogP contribution in [0.2, 0.25) is 0 Å². The second-order valence-corrected chi connectivity index (χ2v) is 6.53. The van der Waals surface area contributed by atoms with E-state index in [9.17, 15) is 9.90 Å². The van der Waals surface area contributed by atoms with Crippen molar-refractivity contribution >= 4 is 34.1 Å². The average molecular weight is 376 g/mol. The summed E-state index contributed by atoms with van der Waals surface area (Å²) >= 11 is 0. The molecule has 0 bridgehead atoms. The van der Waals surface area contributed by atoms with E-state index in [1.165, 1.54) is 25.3 Å². The minimum atomic E-state index is -0.455. The minimum Gasteiger partial charge on any atom is -0.508 e. The van der Waals surface area contributed by atoms with Crippen molar-refractivity contribution in [1.82, 2.24) is 4.90 Å². The molecular weight excluding hydrogens is 354 g/mol. The summed E-state index contributed by atoms with van der Waals surface area (Å²) in [6, 6.07) is 10.3. The number of fused-ring (bicyclic) bond motifs is 3. The molecular formula is C20H22ClNO4. The molecule has 1 N–H and O–H groups in total. The van der Waals surface area contributed by atoms with Gasteiger partial charge in [0.2, 0.25) is 0 Å². The summed E-state index contributed by atoms with van der Waals surface area (Å²) in [5.41, 5.74) is 0.0440. The molecule has 0 radical (unpaired) electrons. The molecule has 5 nitrogen and oxygen atoms in total. The van der Waals surface area contributed by atoms with Gasteiger partial charge in [0, 0.05) is 23.4 Å². The Hall–Kier alpha value is -2.24. The summed E-state index contributed by atoms with van der Waals surface area (Å²) in [5.74, 6) is 0.752. The zero-order valence-electron chi connectivity index (χ0n) is 14.4. The van der Waals surface area contributed by atoms with E-state index in [0.29, 0.717) is 23.3 Å². The molecule has 0 aliphatic carbocycles. The van der Waals surface area contributed by atoms with Crippen molar-refractivity contribution in [3.63, 3.8) is 0 Å². The first kappa shape index (κ1) is 18.5. The highest BCUT2D eigenvalue weighted by Gasteiger charge is 2.11. The van der Waals surface area contributed by atoms with E-state index in [2.05, 4.69) is 4.90 Å². The van der Waals surface area contributed by atoms with Gasteiger partial charge in [0.1, 0.15) is 23.7 Å². The standard InChI is InChI=1S/C20H21NO4.ClH/c22-14-4-6-16-17-7-5-15(13-19(17)25-20(23)18(16)12-14)24-11-10-21-8-2-1-3-9-21;/h4-7,12-13,22H,1-3,8-11H2;1H. The molecule has 0 amide bonds. The highest BCUT2D eigenvalue weighted by Crippen LogP contribution is 2.28. The predicted octanol–water partition coefficient (Wildman–Crippen LogP) is 3.94. The van der Waals surface area contributed by atoms with E-state index in [4.69, 9.17) is 9.15 Å². The zero-order valence-corrected chi connectivity index (χ0v) is 15.3. The Morgan fingerprint density at radius 1 is 1.00 bits per heavy atom. The second-order valence-electron chi connectivity index (χ2n) is 6.53. The summed E-state index contributed by atoms with van der Waals surface area (Å²) in [7, 11) is 0. The van der Waals surface area contributed by atoms with Gasteiger partial charge in [0.05, 0.1) is 5.39 Å². The predicted molar refractivity (Wildman–Crippen MR) is 105 cm³/mol. The van der Waals surface area contributed by atoms with Gasteiger partial charge >= 0.3 is 5.63 Å². The summed E-state index contributed by atoms with van der Waals surface area (Å²) in [6.07, 6.45) is 3.86.